The van der Waals surface area contributed by atoms with Crippen molar-refractivity contribution in [3.8, 4) is 27.8 Å². The molecule has 29 heavy (non-hydrogen) atoms. The number of carbonyl (C=O) groups excluding carboxylic acids is 1. The Balaban J connectivity index is 1.46. The fourth-order valence-corrected chi connectivity index (χ4v) is 3.79. The highest BCUT2D eigenvalue weighted by Crippen LogP contribution is 2.40. The van der Waals surface area contributed by atoms with Gasteiger partial charge in [-0.1, -0.05) is 41.1 Å². The lowest BCUT2D eigenvalue weighted by atomic mass is 10.1. The van der Waals surface area contributed by atoms with Gasteiger partial charge in [0.1, 0.15) is 13.2 Å². The molecule has 1 aliphatic rings. The third-order valence-electron chi connectivity index (χ3n) is 4.04. The molecule has 0 atom stereocenters. The van der Waals surface area contributed by atoms with Gasteiger partial charge in [-0.05, 0) is 29.8 Å². The highest BCUT2D eigenvalue weighted by molar-refractivity contribution is 7.18. The average molecular weight is 430 g/mol. The highest BCUT2D eigenvalue weighted by Gasteiger charge is 2.18. The monoisotopic (exact) mass is 429 g/mol. The first-order valence-corrected chi connectivity index (χ1v) is 9.88. The van der Waals surface area contributed by atoms with Crippen molar-refractivity contribution in [1.29, 1.82) is 0 Å². The Bertz CT molecular complexity index is 1070. The van der Waals surface area contributed by atoms with E-state index in [1.54, 1.807) is 31.4 Å². The fourth-order valence-electron chi connectivity index (χ4n) is 2.73. The van der Waals surface area contributed by atoms with Crippen LogP contribution in [0.15, 0.2) is 42.5 Å². The van der Waals surface area contributed by atoms with Gasteiger partial charge in [0, 0.05) is 11.6 Å². The van der Waals surface area contributed by atoms with Crippen molar-refractivity contribution in [3.63, 3.8) is 0 Å². The van der Waals surface area contributed by atoms with Crippen molar-refractivity contribution >= 4 is 40.1 Å². The standard InChI is InChI=1S/C20H16ClN3O4S/c1-26-15-10-12(11-16-18(15)28-9-8-27-16)6-7-17(25)22-20-24-23-19(29-20)13-4-2-3-5-14(13)21/h2-7,10-11H,8-9H2,1H3,(H,22,24,25)/b7-6+. The molecule has 1 amide bonds. The van der Waals surface area contributed by atoms with Gasteiger partial charge >= 0.3 is 0 Å². The molecule has 0 bridgehead atoms. The van der Waals surface area contributed by atoms with Crippen LogP contribution in [0.1, 0.15) is 5.56 Å². The maximum Gasteiger partial charge on any atom is 0.250 e. The average Bonchev–Trinajstić information content (AvgIpc) is 3.20. The summed E-state index contributed by atoms with van der Waals surface area (Å²) in [4.78, 5) is 12.3. The number of benzene rings is 2. The SMILES string of the molecule is COc1cc(/C=C/C(=O)Nc2nnc(-c3ccccc3Cl)s2)cc2c1OCCO2. The topological polar surface area (TPSA) is 82.6 Å². The van der Waals surface area contributed by atoms with E-state index >= 15 is 0 Å². The smallest absolute Gasteiger partial charge is 0.250 e. The van der Waals surface area contributed by atoms with Crippen molar-refractivity contribution in [1.82, 2.24) is 10.2 Å². The number of rotatable bonds is 5. The highest BCUT2D eigenvalue weighted by atomic mass is 35.5. The lowest BCUT2D eigenvalue weighted by Gasteiger charge is -2.20. The van der Waals surface area contributed by atoms with Gasteiger partial charge in [0.05, 0.1) is 12.1 Å². The minimum atomic E-state index is -0.333. The van der Waals surface area contributed by atoms with Gasteiger partial charge in [-0.3, -0.25) is 10.1 Å². The first-order chi connectivity index (χ1) is 14.1. The number of halogens is 1. The number of nitrogens with zero attached hydrogens (tertiary/aromatic N) is 2. The molecule has 0 spiro atoms. The van der Waals surface area contributed by atoms with E-state index < -0.39 is 0 Å². The van der Waals surface area contributed by atoms with Gasteiger partial charge in [0.25, 0.3) is 0 Å². The molecule has 1 N–H and O–H groups in total. The van der Waals surface area contributed by atoms with Crippen LogP contribution in [0.4, 0.5) is 5.13 Å². The lowest BCUT2D eigenvalue weighted by Crippen LogP contribution is -2.16. The molecule has 0 fully saturated rings. The summed E-state index contributed by atoms with van der Waals surface area (Å²) in [5.41, 5.74) is 1.52. The molecule has 9 heteroatoms. The first-order valence-electron chi connectivity index (χ1n) is 8.69. The molecule has 0 aliphatic carbocycles. The zero-order valence-electron chi connectivity index (χ0n) is 15.3. The number of hydrogen-bond acceptors (Lipinski definition) is 7. The van der Waals surface area contributed by atoms with E-state index in [1.807, 2.05) is 18.2 Å². The van der Waals surface area contributed by atoms with Crippen LogP contribution >= 0.6 is 22.9 Å². The second-order valence-electron chi connectivity index (χ2n) is 5.96. The second-order valence-corrected chi connectivity index (χ2v) is 7.35. The van der Waals surface area contributed by atoms with E-state index in [0.717, 1.165) is 11.1 Å². The molecule has 2 aromatic carbocycles. The molecule has 1 aromatic heterocycles. The molecule has 3 aromatic rings. The number of hydrogen-bond donors (Lipinski definition) is 1. The molecular weight excluding hydrogens is 414 g/mol. The molecule has 4 rings (SSSR count). The molecule has 0 radical (unpaired) electrons. The Morgan fingerprint density at radius 2 is 2.07 bits per heavy atom. The zero-order chi connectivity index (χ0) is 20.2. The third kappa shape index (κ3) is 4.33. The predicted octanol–water partition coefficient (Wildman–Crippen LogP) is 4.29. The van der Waals surface area contributed by atoms with Crippen LogP contribution in [0.5, 0.6) is 17.2 Å². The Hall–Kier alpha value is -3.10. The predicted molar refractivity (Wildman–Crippen MR) is 112 cm³/mol. The lowest BCUT2D eigenvalue weighted by molar-refractivity contribution is -0.111. The molecule has 0 saturated carbocycles. The minimum absolute atomic E-state index is 0.333. The Morgan fingerprint density at radius 3 is 2.90 bits per heavy atom. The summed E-state index contributed by atoms with van der Waals surface area (Å²) < 4.78 is 16.5. The second kappa shape index (κ2) is 8.50. The Morgan fingerprint density at radius 1 is 1.24 bits per heavy atom. The summed E-state index contributed by atoms with van der Waals surface area (Å²) in [6.07, 6.45) is 3.06. The number of anilines is 1. The van der Waals surface area contributed by atoms with Gasteiger partial charge in [0.15, 0.2) is 16.5 Å². The van der Waals surface area contributed by atoms with Gasteiger partial charge in [-0.15, -0.1) is 10.2 Å². The third-order valence-corrected chi connectivity index (χ3v) is 5.24. The summed E-state index contributed by atoms with van der Waals surface area (Å²) >= 11 is 7.42. The number of amides is 1. The van der Waals surface area contributed by atoms with Crippen molar-refractivity contribution in [2.75, 3.05) is 25.6 Å². The summed E-state index contributed by atoms with van der Waals surface area (Å²) in [6.45, 7) is 0.938. The minimum Gasteiger partial charge on any atom is -0.493 e. The molecular formula is C20H16ClN3O4S. The van der Waals surface area contributed by atoms with Crippen molar-refractivity contribution < 1.29 is 19.0 Å². The van der Waals surface area contributed by atoms with Crippen LogP contribution in [-0.4, -0.2) is 36.4 Å². The van der Waals surface area contributed by atoms with Crippen LogP contribution in [0.25, 0.3) is 16.6 Å². The van der Waals surface area contributed by atoms with Gasteiger partial charge in [-0.2, -0.15) is 0 Å². The maximum absolute atomic E-state index is 12.3. The summed E-state index contributed by atoms with van der Waals surface area (Å²) in [7, 11) is 1.56. The van der Waals surface area contributed by atoms with E-state index in [1.165, 1.54) is 17.4 Å². The van der Waals surface area contributed by atoms with Crippen molar-refractivity contribution in [2.24, 2.45) is 0 Å². The van der Waals surface area contributed by atoms with Gasteiger partial charge in [-0.25, -0.2) is 0 Å². The fraction of sp³-hybridized carbons (Fsp3) is 0.150. The van der Waals surface area contributed by atoms with Crippen LogP contribution < -0.4 is 19.5 Å². The normalized spacial score (nSPS) is 12.8. The summed E-state index contributed by atoms with van der Waals surface area (Å²) in [6, 6.07) is 10.9. The van der Waals surface area contributed by atoms with E-state index in [9.17, 15) is 4.79 Å². The maximum atomic E-state index is 12.3. The molecule has 0 saturated heterocycles. The van der Waals surface area contributed by atoms with Crippen LogP contribution in [0.2, 0.25) is 5.02 Å². The van der Waals surface area contributed by atoms with E-state index in [-0.39, 0.29) is 5.91 Å². The quantitative estimate of drug-likeness (QED) is 0.609. The van der Waals surface area contributed by atoms with Gasteiger partial charge < -0.3 is 14.2 Å². The molecule has 1 aliphatic heterocycles. The van der Waals surface area contributed by atoms with Crippen molar-refractivity contribution in [3.05, 3.63) is 53.1 Å². The molecule has 2 heterocycles. The van der Waals surface area contributed by atoms with Crippen molar-refractivity contribution in [2.45, 2.75) is 0 Å². The number of ether oxygens (including phenoxy) is 3. The number of aromatic nitrogens is 2. The van der Waals surface area contributed by atoms with Crippen LogP contribution in [-0.2, 0) is 4.79 Å². The molecule has 7 nitrogen and oxygen atoms in total. The first kappa shape index (κ1) is 19.2. The summed E-state index contributed by atoms with van der Waals surface area (Å²) in [5.74, 6) is 1.38. The van der Waals surface area contributed by atoms with E-state index in [2.05, 4.69) is 15.5 Å². The molecule has 0 unspecified atom stereocenters. The largest absolute Gasteiger partial charge is 0.493 e. The molecule has 148 valence electrons. The van der Waals surface area contributed by atoms with E-state index in [0.29, 0.717) is 45.6 Å². The number of carbonyl (C=O) groups is 1. The number of fused-ring (bicyclic) bond motifs is 1. The zero-order valence-corrected chi connectivity index (χ0v) is 16.9. The van der Waals surface area contributed by atoms with Gasteiger partial charge in [0.2, 0.25) is 16.8 Å². The summed E-state index contributed by atoms with van der Waals surface area (Å²) in [5, 5.41) is 12.4. The Kier molecular flexibility index (Phi) is 5.64. The number of methoxy groups -OCH3 is 1. The number of nitrogens with one attached hydrogen (secondary N) is 1. The van der Waals surface area contributed by atoms with Crippen LogP contribution in [0, 0.1) is 0 Å². The van der Waals surface area contributed by atoms with E-state index in [4.69, 9.17) is 25.8 Å². The van der Waals surface area contributed by atoms with Crippen LogP contribution in [0.3, 0.4) is 0 Å². The Labute approximate surface area is 175 Å².